The Labute approximate surface area is 159 Å². The second-order valence-corrected chi connectivity index (χ2v) is 5.81. The summed E-state index contributed by atoms with van der Waals surface area (Å²) in [6.07, 6.45) is -4.55. The number of benzene rings is 3. The lowest BCUT2D eigenvalue weighted by molar-refractivity contribution is -0.137. The number of hydrogen-bond acceptors (Lipinski definition) is 3. The lowest BCUT2D eigenvalue weighted by Gasteiger charge is -2.15. The highest BCUT2D eigenvalue weighted by Gasteiger charge is 2.31. The number of halogens is 3. The molecule has 144 valence electrons. The van der Waals surface area contributed by atoms with Crippen LogP contribution in [0.2, 0.25) is 0 Å². The molecule has 3 aromatic carbocycles. The van der Waals surface area contributed by atoms with Crippen molar-refractivity contribution in [3.63, 3.8) is 0 Å². The topological polar surface area (TPSA) is 47.6 Å². The van der Waals surface area contributed by atoms with Crippen LogP contribution in [0.5, 0.6) is 17.2 Å². The first-order valence-corrected chi connectivity index (χ1v) is 8.26. The summed E-state index contributed by atoms with van der Waals surface area (Å²) >= 11 is 0. The molecule has 0 atom stereocenters. The van der Waals surface area contributed by atoms with E-state index in [1.165, 1.54) is 25.3 Å². The molecule has 0 aromatic heterocycles. The Hall–Kier alpha value is -3.48. The van der Waals surface area contributed by atoms with Crippen molar-refractivity contribution in [1.29, 1.82) is 0 Å². The Morgan fingerprint density at radius 1 is 0.893 bits per heavy atom. The third-order valence-electron chi connectivity index (χ3n) is 3.88. The van der Waals surface area contributed by atoms with Crippen molar-refractivity contribution in [2.75, 3.05) is 12.4 Å². The van der Waals surface area contributed by atoms with Gasteiger partial charge in [-0.15, -0.1) is 0 Å². The van der Waals surface area contributed by atoms with Crippen molar-refractivity contribution in [1.82, 2.24) is 0 Å². The Morgan fingerprint density at radius 2 is 1.57 bits per heavy atom. The number of amides is 1. The van der Waals surface area contributed by atoms with Gasteiger partial charge in [-0.2, -0.15) is 13.2 Å². The molecule has 7 heteroatoms. The molecule has 0 aliphatic heterocycles. The summed E-state index contributed by atoms with van der Waals surface area (Å²) in [5.74, 6) is 0.520. The number of alkyl halides is 3. The van der Waals surface area contributed by atoms with E-state index in [0.717, 1.165) is 12.1 Å². The third kappa shape index (κ3) is 4.62. The molecule has 0 saturated carbocycles. The fraction of sp³-hybridized carbons (Fsp3) is 0.0952. The van der Waals surface area contributed by atoms with Crippen LogP contribution in [-0.2, 0) is 6.18 Å². The number of ether oxygens (including phenoxy) is 2. The van der Waals surface area contributed by atoms with E-state index >= 15 is 0 Å². The van der Waals surface area contributed by atoms with Crippen molar-refractivity contribution < 1.29 is 27.4 Å². The van der Waals surface area contributed by atoms with E-state index < -0.39 is 17.6 Å². The van der Waals surface area contributed by atoms with Crippen LogP contribution in [0.1, 0.15) is 15.9 Å². The zero-order valence-electron chi connectivity index (χ0n) is 14.8. The number of carbonyl (C=O) groups excluding carboxylic acids is 1. The fourth-order valence-corrected chi connectivity index (χ4v) is 2.45. The van der Waals surface area contributed by atoms with Gasteiger partial charge in [-0.05, 0) is 54.6 Å². The number of rotatable bonds is 5. The van der Waals surface area contributed by atoms with Gasteiger partial charge in [-0.25, -0.2) is 0 Å². The minimum atomic E-state index is -4.55. The van der Waals surface area contributed by atoms with Crippen LogP contribution >= 0.6 is 0 Å². The maximum Gasteiger partial charge on any atom is 0.416 e. The lowest BCUT2D eigenvalue weighted by Crippen LogP contribution is -2.14. The number of nitrogens with one attached hydrogen (secondary N) is 1. The van der Waals surface area contributed by atoms with Gasteiger partial charge in [0.1, 0.15) is 11.5 Å². The van der Waals surface area contributed by atoms with Crippen molar-refractivity contribution in [3.05, 3.63) is 83.9 Å². The molecule has 0 saturated heterocycles. The first-order valence-electron chi connectivity index (χ1n) is 8.26. The van der Waals surface area contributed by atoms with Gasteiger partial charge in [0.15, 0.2) is 5.75 Å². The summed E-state index contributed by atoms with van der Waals surface area (Å²) in [6, 6.07) is 17.7. The molecule has 0 unspecified atom stereocenters. The van der Waals surface area contributed by atoms with Crippen molar-refractivity contribution in [2.45, 2.75) is 6.18 Å². The van der Waals surface area contributed by atoms with Gasteiger partial charge in [0.25, 0.3) is 5.91 Å². The molecule has 3 aromatic rings. The van der Waals surface area contributed by atoms with Gasteiger partial charge >= 0.3 is 6.18 Å². The highest BCUT2D eigenvalue weighted by molar-refractivity contribution is 6.05. The van der Waals surface area contributed by atoms with Crippen molar-refractivity contribution >= 4 is 11.6 Å². The normalized spacial score (nSPS) is 11.0. The second-order valence-electron chi connectivity index (χ2n) is 5.81. The maximum absolute atomic E-state index is 13.1. The number of methoxy groups -OCH3 is 1. The van der Waals surface area contributed by atoms with E-state index in [1.807, 2.05) is 0 Å². The largest absolute Gasteiger partial charge is 0.497 e. The SMILES string of the molecule is COc1ccc(C(=O)Nc2cc(C(F)(F)F)ccc2Oc2ccccc2)cc1. The molecule has 3 rings (SSSR count). The lowest BCUT2D eigenvalue weighted by atomic mass is 10.1. The number of para-hydroxylation sites is 1. The van der Waals surface area contributed by atoms with E-state index in [-0.39, 0.29) is 17.0 Å². The number of carbonyl (C=O) groups is 1. The Bertz CT molecular complexity index is 955. The zero-order valence-corrected chi connectivity index (χ0v) is 14.8. The summed E-state index contributed by atoms with van der Waals surface area (Å²) < 4.78 is 50.0. The minimum absolute atomic E-state index is 0.0838. The smallest absolute Gasteiger partial charge is 0.416 e. The Balaban J connectivity index is 1.92. The molecule has 0 aliphatic carbocycles. The summed E-state index contributed by atoms with van der Waals surface area (Å²) in [6.45, 7) is 0. The van der Waals surface area contributed by atoms with Gasteiger partial charge in [0.2, 0.25) is 0 Å². The quantitative estimate of drug-likeness (QED) is 0.606. The number of hydrogen-bond donors (Lipinski definition) is 1. The minimum Gasteiger partial charge on any atom is -0.497 e. The molecule has 0 aliphatic rings. The monoisotopic (exact) mass is 387 g/mol. The predicted molar refractivity (Wildman–Crippen MR) is 98.9 cm³/mol. The first-order chi connectivity index (χ1) is 13.4. The van der Waals surface area contributed by atoms with Gasteiger partial charge in [-0.3, -0.25) is 4.79 Å². The van der Waals surface area contributed by atoms with Crippen LogP contribution in [0.4, 0.5) is 18.9 Å². The van der Waals surface area contributed by atoms with Crippen LogP contribution in [0.3, 0.4) is 0 Å². The average molecular weight is 387 g/mol. The highest BCUT2D eigenvalue weighted by atomic mass is 19.4. The van der Waals surface area contributed by atoms with Crippen LogP contribution in [0, 0.1) is 0 Å². The first kappa shape index (κ1) is 19.3. The van der Waals surface area contributed by atoms with E-state index in [0.29, 0.717) is 11.5 Å². The van der Waals surface area contributed by atoms with Crippen molar-refractivity contribution in [3.8, 4) is 17.2 Å². The molecule has 0 heterocycles. The summed E-state index contributed by atoms with van der Waals surface area (Å²) in [5, 5.41) is 2.49. The third-order valence-corrected chi connectivity index (χ3v) is 3.88. The molecule has 1 N–H and O–H groups in total. The second kappa shape index (κ2) is 8.04. The van der Waals surface area contributed by atoms with E-state index in [2.05, 4.69) is 5.32 Å². The average Bonchev–Trinajstić information content (AvgIpc) is 2.69. The van der Waals surface area contributed by atoms with Crippen LogP contribution < -0.4 is 14.8 Å². The maximum atomic E-state index is 13.1. The molecule has 0 radical (unpaired) electrons. The Kier molecular flexibility index (Phi) is 5.54. The summed E-state index contributed by atoms with van der Waals surface area (Å²) in [7, 11) is 1.49. The Morgan fingerprint density at radius 3 is 2.18 bits per heavy atom. The summed E-state index contributed by atoms with van der Waals surface area (Å²) in [4.78, 5) is 12.5. The zero-order chi connectivity index (χ0) is 20.1. The van der Waals surface area contributed by atoms with Gasteiger partial charge in [0, 0.05) is 5.56 Å². The molecular formula is C21H16F3NO3. The molecule has 28 heavy (non-hydrogen) atoms. The van der Waals surface area contributed by atoms with E-state index in [1.54, 1.807) is 42.5 Å². The standard InChI is InChI=1S/C21H16F3NO3/c1-27-16-10-7-14(8-11-16)20(26)25-18-13-15(21(22,23)24)9-12-19(18)28-17-5-3-2-4-6-17/h2-13H,1H3,(H,25,26). The van der Waals surface area contributed by atoms with Gasteiger partial charge < -0.3 is 14.8 Å². The van der Waals surface area contributed by atoms with E-state index in [9.17, 15) is 18.0 Å². The molecule has 0 bridgehead atoms. The summed E-state index contributed by atoms with van der Waals surface area (Å²) in [5.41, 5.74) is -0.707. The van der Waals surface area contributed by atoms with Crippen LogP contribution in [0.15, 0.2) is 72.8 Å². The molecule has 0 spiro atoms. The van der Waals surface area contributed by atoms with E-state index in [4.69, 9.17) is 9.47 Å². The van der Waals surface area contributed by atoms with Crippen LogP contribution in [-0.4, -0.2) is 13.0 Å². The molecule has 4 nitrogen and oxygen atoms in total. The van der Waals surface area contributed by atoms with Crippen LogP contribution in [0.25, 0.3) is 0 Å². The van der Waals surface area contributed by atoms with Gasteiger partial charge in [-0.1, -0.05) is 18.2 Å². The van der Waals surface area contributed by atoms with Gasteiger partial charge in [0.05, 0.1) is 18.4 Å². The molecule has 0 fully saturated rings. The highest BCUT2D eigenvalue weighted by Crippen LogP contribution is 2.37. The molecular weight excluding hydrogens is 371 g/mol. The van der Waals surface area contributed by atoms with Crippen molar-refractivity contribution in [2.24, 2.45) is 0 Å². The number of anilines is 1. The molecule has 1 amide bonds. The fourth-order valence-electron chi connectivity index (χ4n) is 2.45. The predicted octanol–water partition coefficient (Wildman–Crippen LogP) is 5.76.